The van der Waals surface area contributed by atoms with Crippen LogP contribution in [0.3, 0.4) is 0 Å². The summed E-state index contributed by atoms with van der Waals surface area (Å²) in [7, 11) is 0. The zero-order valence-corrected chi connectivity index (χ0v) is 7.11. The molecule has 0 spiro atoms. The van der Waals surface area contributed by atoms with Crippen LogP contribution in [0.1, 0.15) is 6.92 Å². The van der Waals surface area contributed by atoms with E-state index in [2.05, 4.69) is 0 Å². The third-order valence-corrected chi connectivity index (χ3v) is 2.25. The molecule has 1 aliphatic heterocycles. The van der Waals surface area contributed by atoms with Gasteiger partial charge in [-0.15, -0.1) is 0 Å². The van der Waals surface area contributed by atoms with Gasteiger partial charge < -0.3 is 15.7 Å². The van der Waals surface area contributed by atoms with E-state index in [4.69, 9.17) is 10.8 Å². The van der Waals surface area contributed by atoms with Crippen LogP contribution in [-0.4, -0.2) is 40.9 Å². The van der Waals surface area contributed by atoms with Crippen molar-refractivity contribution in [3.63, 3.8) is 0 Å². The second kappa shape index (κ2) is 2.72. The molecule has 1 aliphatic rings. The number of amides is 2. The summed E-state index contributed by atoms with van der Waals surface area (Å²) in [4.78, 5) is 33.5. The van der Waals surface area contributed by atoms with Gasteiger partial charge in [0.05, 0.1) is 0 Å². The number of carboxylic acid groups (broad SMARTS) is 1. The van der Waals surface area contributed by atoms with Gasteiger partial charge in [0, 0.05) is 20.0 Å². The fourth-order valence-corrected chi connectivity index (χ4v) is 1.22. The van der Waals surface area contributed by atoms with Crippen molar-refractivity contribution in [2.24, 2.45) is 11.1 Å². The molecule has 0 aromatic heterocycles. The summed E-state index contributed by atoms with van der Waals surface area (Å²) in [5.74, 6) is -2.41. The Kier molecular flexibility index (Phi) is 1.99. The third kappa shape index (κ3) is 1.24. The number of carbonyl (C=O) groups is 3. The maximum atomic E-state index is 10.8. The average molecular weight is 186 g/mol. The Morgan fingerprint density at radius 1 is 1.38 bits per heavy atom. The lowest BCUT2D eigenvalue weighted by Crippen LogP contribution is -2.67. The van der Waals surface area contributed by atoms with Crippen molar-refractivity contribution in [2.75, 3.05) is 13.1 Å². The van der Waals surface area contributed by atoms with E-state index in [1.165, 1.54) is 11.8 Å². The zero-order valence-electron chi connectivity index (χ0n) is 7.11. The summed E-state index contributed by atoms with van der Waals surface area (Å²) in [5, 5.41) is 8.71. The first-order valence-electron chi connectivity index (χ1n) is 3.69. The number of nitrogens with two attached hydrogens (primary N) is 1. The molecule has 0 saturated carbocycles. The van der Waals surface area contributed by atoms with Crippen molar-refractivity contribution in [1.82, 2.24) is 4.90 Å². The van der Waals surface area contributed by atoms with Crippen LogP contribution in [0.5, 0.6) is 0 Å². The summed E-state index contributed by atoms with van der Waals surface area (Å²) in [6.07, 6.45) is 0. The predicted octanol–water partition coefficient (Wildman–Crippen LogP) is -1.60. The van der Waals surface area contributed by atoms with Gasteiger partial charge in [-0.05, 0) is 0 Å². The Labute approximate surface area is 74.3 Å². The molecule has 13 heavy (non-hydrogen) atoms. The van der Waals surface area contributed by atoms with Crippen LogP contribution in [0.2, 0.25) is 0 Å². The number of primary amides is 1. The second-order valence-electron chi connectivity index (χ2n) is 3.13. The number of rotatable bonds is 2. The van der Waals surface area contributed by atoms with Crippen molar-refractivity contribution in [3.8, 4) is 0 Å². The molecule has 2 amide bonds. The molecule has 6 heteroatoms. The highest BCUT2D eigenvalue weighted by Gasteiger charge is 2.55. The van der Waals surface area contributed by atoms with Gasteiger partial charge in [0.2, 0.25) is 11.8 Å². The summed E-state index contributed by atoms with van der Waals surface area (Å²) >= 11 is 0. The normalized spacial score (nSPS) is 19.0. The number of nitrogens with zero attached hydrogens (tertiary/aromatic N) is 1. The average Bonchev–Trinajstić information content (AvgIpc) is 1.80. The molecule has 0 radical (unpaired) electrons. The molecule has 1 fully saturated rings. The highest BCUT2D eigenvalue weighted by Crippen LogP contribution is 2.30. The number of carbonyl (C=O) groups excluding carboxylic acids is 2. The molecule has 0 unspecified atom stereocenters. The van der Waals surface area contributed by atoms with Gasteiger partial charge in [-0.25, -0.2) is 0 Å². The van der Waals surface area contributed by atoms with Gasteiger partial charge in [-0.2, -0.15) is 0 Å². The molecule has 6 nitrogen and oxygen atoms in total. The maximum absolute atomic E-state index is 10.8. The number of carboxylic acids is 1. The van der Waals surface area contributed by atoms with Crippen molar-refractivity contribution in [2.45, 2.75) is 6.92 Å². The lowest BCUT2D eigenvalue weighted by atomic mass is 9.79. The minimum atomic E-state index is -1.56. The number of aliphatic carboxylic acids is 1. The highest BCUT2D eigenvalue weighted by atomic mass is 16.4. The Morgan fingerprint density at radius 2 is 1.85 bits per heavy atom. The summed E-state index contributed by atoms with van der Waals surface area (Å²) in [6.45, 7) is 1.08. The van der Waals surface area contributed by atoms with Crippen LogP contribution in [0.15, 0.2) is 0 Å². The molecule has 0 atom stereocenters. The molecule has 0 aromatic carbocycles. The first-order chi connectivity index (χ1) is 5.90. The Hall–Kier alpha value is -1.59. The van der Waals surface area contributed by atoms with E-state index in [9.17, 15) is 14.4 Å². The highest BCUT2D eigenvalue weighted by molar-refractivity contribution is 6.04. The van der Waals surface area contributed by atoms with Crippen LogP contribution < -0.4 is 5.73 Å². The molecule has 0 aliphatic carbocycles. The third-order valence-electron chi connectivity index (χ3n) is 2.25. The summed E-state index contributed by atoms with van der Waals surface area (Å²) < 4.78 is 0. The maximum Gasteiger partial charge on any atom is 0.322 e. The molecule has 0 aromatic rings. The fraction of sp³-hybridized carbons (Fsp3) is 0.571. The van der Waals surface area contributed by atoms with E-state index >= 15 is 0 Å². The number of hydrogen-bond acceptors (Lipinski definition) is 3. The van der Waals surface area contributed by atoms with E-state index in [-0.39, 0.29) is 19.0 Å². The van der Waals surface area contributed by atoms with Gasteiger partial charge in [0.1, 0.15) is 0 Å². The van der Waals surface area contributed by atoms with Crippen molar-refractivity contribution in [3.05, 3.63) is 0 Å². The Morgan fingerprint density at radius 3 is 2.08 bits per heavy atom. The largest absolute Gasteiger partial charge is 0.480 e. The fourth-order valence-electron chi connectivity index (χ4n) is 1.22. The topological polar surface area (TPSA) is 101 Å². The molecule has 1 rings (SSSR count). The molecule has 1 saturated heterocycles. The second-order valence-corrected chi connectivity index (χ2v) is 3.13. The molecular formula is C7H10N2O4. The van der Waals surface area contributed by atoms with Crippen LogP contribution >= 0.6 is 0 Å². The quantitative estimate of drug-likeness (QED) is 0.507. The Bertz CT molecular complexity index is 264. The van der Waals surface area contributed by atoms with Crippen LogP contribution in [-0.2, 0) is 14.4 Å². The first-order valence-corrected chi connectivity index (χ1v) is 3.69. The monoisotopic (exact) mass is 186 g/mol. The lowest BCUT2D eigenvalue weighted by Gasteiger charge is -2.44. The van der Waals surface area contributed by atoms with Crippen molar-refractivity contribution < 1.29 is 19.5 Å². The van der Waals surface area contributed by atoms with Crippen molar-refractivity contribution >= 4 is 17.8 Å². The molecule has 0 bridgehead atoms. The molecular weight excluding hydrogens is 176 g/mol. The summed E-state index contributed by atoms with van der Waals surface area (Å²) in [5.41, 5.74) is 3.37. The van der Waals surface area contributed by atoms with Crippen LogP contribution in [0, 0.1) is 5.41 Å². The van der Waals surface area contributed by atoms with Crippen LogP contribution in [0.25, 0.3) is 0 Å². The summed E-state index contributed by atoms with van der Waals surface area (Å²) in [6, 6.07) is 0. The zero-order chi connectivity index (χ0) is 10.2. The van der Waals surface area contributed by atoms with Gasteiger partial charge >= 0.3 is 5.97 Å². The van der Waals surface area contributed by atoms with Gasteiger partial charge in [-0.3, -0.25) is 14.4 Å². The predicted molar refractivity (Wildman–Crippen MR) is 41.5 cm³/mol. The van der Waals surface area contributed by atoms with E-state index in [1.807, 2.05) is 0 Å². The molecule has 1 heterocycles. The first kappa shape index (κ1) is 9.50. The van der Waals surface area contributed by atoms with E-state index < -0.39 is 17.3 Å². The van der Waals surface area contributed by atoms with Gasteiger partial charge in [0.25, 0.3) is 0 Å². The van der Waals surface area contributed by atoms with Crippen LogP contribution in [0.4, 0.5) is 0 Å². The Balaban J connectivity index is 2.75. The van der Waals surface area contributed by atoms with E-state index in [1.54, 1.807) is 0 Å². The van der Waals surface area contributed by atoms with Gasteiger partial charge in [-0.1, -0.05) is 0 Å². The van der Waals surface area contributed by atoms with E-state index in [0.29, 0.717) is 0 Å². The minimum Gasteiger partial charge on any atom is -0.480 e. The molecule has 72 valence electrons. The molecule has 3 N–H and O–H groups in total. The van der Waals surface area contributed by atoms with Crippen molar-refractivity contribution in [1.29, 1.82) is 0 Å². The minimum absolute atomic E-state index is 0.118. The van der Waals surface area contributed by atoms with E-state index in [0.717, 1.165) is 0 Å². The standard InChI is InChI=1S/C7H10N2O4/c1-4(10)9-2-7(3-9,5(8)11)6(12)13/h2-3H2,1H3,(H2,8,11)(H,12,13). The SMILES string of the molecule is CC(=O)N1CC(C(N)=O)(C(=O)O)C1. The smallest absolute Gasteiger partial charge is 0.322 e. The number of hydrogen-bond donors (Lipinski definition) is 2. The lowest BCUT2D eigenvalue weighted by molar-refractivity contribution is -0.169. The van der Waals surface area contributed by atoms with Gasteiger partial charge in [0.15, 0.2) is 5.41 Å². The number of likely N-dealkylation sites (tertiary alicyclic amines) is 1.